The number of H-pyrrole nitrogens is 1. The third-order valence-corrected chi connectivity index (χ3v) is 4.87. The SMILES string of the molecule is CC1CCC(CO)(NCc2cccc3[nH]ccc23)CC1. The van der Waals surface area contributed by atoms with Gasteiger partial charge in [-0.2, -0.15) is 0 Å². The van der Waals surface area contributed by atoms with E-state index in [-0.39, 0.29) is 12.1 Å². The Morgan fingerprint density at radius 3 is 2.85 bits per heavy atom. The molecular formula is C17H24N2O. The van der Waals surface area contributed by atoms with E-state index in [2.05, 4.69) is 41.5 Å². The highest BCUT2D eigenvalue weighted by Gasteiger charge is 2.32. The maximum absolute atomic E-state index is 9.81. The van der Waals surface area contributed by atoms with Crippen molar-refractivity contribution in [3.05, 3.63) is 36.0 Å². The van der Waals surface area contributed by atoms with Gasteiger partial charge < -0.3 is 15.4 Å². The van der Waals surface area contributed by atoms with E-state index in [9.17, 15) is 5.11 Å². The molecule has 20 heavy (non-hydrogen) atoms. The van der Waals surface area contributed by atoms with E-state index in [4.69, 9.17) is 0 Å². The molecule has 1 aliphatic carbocycles. The van der Waals surface area contributed by atoms with Gasteiger partial charge in [0.2, 0.25) is 0 Å². The molecule has 1 saturated carbocycles. The van der Waals surface area contributed by atoms with Gasteiger partial charge in [0.05, 0.1) is 6.61 Å². The van der Waals surface area contributed by atoms with Gasteiger partial charge in [0.25, 0.3) is 0 Å². The first-order chi connectivity index (χ1) is 9.72. The van der Waals surface area contributed by atoms with E-state index in [0.717, 1.165) is 25.3 Å². The minimum absolute atomic E-state index is 0.0784. The van der Waals surface area contributed by atoms with Crippen LogP contribution in [0.25, 0.3) is 10.9 Å². The number of aliphatic hydroxyl groups excluding tert-OH is 1. The Morgan fingerprint density at radius 2 is 2.10 bits per heavy atom. The van der Waals surface area contributed by atoms with E-state index >= 15 is 0 Å². The second-order valence-corrected chi connectivity index (χ2v) is 6.33. The summed E-state index contributed by atoms with van der Waals surface area (Å²) in [6.45, 7) is 3.37. The minimum Gasteiger partial charge on any atom is -0.394 e. The van der Waals surface area contributed by atoms with Crippen LogP contribution in [0.4, 0.5) is 0 Å². The fraction of sp³-hybridized carbons (Fsp3) is 0.529. The molecule has 3 heteroatoms. The molecule has 0 amide bonds. The molecule has 1 aromatic carbocycles. The molecule has 0 unspecified atom stereocenters. The van der Waals surface area contributed by atoms with E-state index in [1.807, 2.05) is 6.20 Å². The Bertz CT molecular complexity index is 567. The molecule has 3 N–H and O–H groups in total. The number of hydrogen-bond acceptors (Lipinski definition) is 2. The zero-order valence-electron chi connectivity index (χ0n) is 12.2. The molecule has 1 aromatic heterocycles. The molecule has 2 aromatic rings. The molecule has 0 atom stereocenters. The number of rotatable bonds is 4. The van der Waals surface area contributed by atoms with E-state index in [0.29, 0.717) is 0 Å². The zero-order valence-corrected chi connectivity index (χ0v) is 12.2. The number of aliphatic hydroxyl groups is 1. The predicted octanol–water partition coefficient (Wildman–Crippen LogP) is 3.20. The molecule has 1 aliphatic rings. The van der Waals surface area contributed by atoms with Gasteiger partial charge in [-0.3, -0.25) is 0 Å². The maximum Gasteiger partial charge on any atom is 0.0613 e. The first kappa shape index (κ1) is 13.7. The van der Waals surface area contributed by atoms with Crippen LogP contribution in [0.5, 0.6) is 0 Å². The smallest absolute Gasteiger partial charge is 0.0613 e. The molecule has 0 aliphatic heterocycles. The van der Waals surface area contributed by atoms with Crippen LogP contribution >= 0.6 is 0 Å². The number of aromatic amines is 1. The first-order valence-electron chi connectivity index (χ1n) is 7.63. The van der Waals surface area contributed by atoms with Crippen molar-refractivity contribution in [3.63, 3.8) is 0 Å². The van der Waals surface area contributed by atoms with Crippen molar-refractivity contribution in [2.45, 2.75) is 44.7 Å². The first-order valence-corrected chi connectivity index (χ1v) is 7.63. The lowest BCUT2D eigenvalue weighted by Gasteiger charge is -2.39. The highest BCUT2D eigenvalue weighted by Crippen LogP contribution is 2.32. The molecule has 0 saturated heterocycles. The summed E-state index contributed by atoms with van der Waals surface area (Å²) in [6.07, 6.45) is 6.56. The average Bonchev–Trinajstić information content (AvgIpc) is 2.96. The predicted molar refractivity (Wildman–Crippen MR) is 82.6 cm³/mol. The van der Waals surface area contributed by atoms with Crippen LogP contribution in [0.15, 0.2) is 30.5 Å². The second kappa shape index (κ2) is 5.58. The van der Waals surface area contributed by atoms with Crippen LogP contribution in [0.3, 0.4) is 0 Å². The summed E-state index contributed by atoms with van der Waals surface area (Å²) in [6, 6.07) is 8.48. The highest BCUT2D eigenvalue weighted by molar-refractivity contribution is 5.82. The van der Waals surface area contributed by atoms with Crippen molar-refractivity contribution in [2.75, 3.05) is 6.61 Å². The molecule has 108 valence electrons. The van der Waals surface area contributed by atoms with Crippen LogP contribution < -0.4 is 5.32 Å². The van der Waals surface area contributed by atoms with Crippen molar-refractivity contribution in [1.82, 2.24) is 10.3 Å². The highest BCUT2D eigenvalue weighted by atomic mass is 16.3. The zero-order chi connectivity index (χ0) is 14.0. The number of benzene rings is 1. The standard InChI is InChI=1S/C17H24N2O/c1-13-5-8-17(12-20,9-6-13)19-11-14-3-2-4-16-15(14)7-10-18-16/h2-4,7,10,13,18-20H,5-6,8-9,11-12H2,1H3. The van der Waals surface area contributed by atoms with Crippen LogP contribution in [-0.4, -0.2) is 22.2 Å². The Morgan fingerprint density at radius 1 is 1.30 bits per heavy atom. The Hall–Kier alpha value is -1.32. The topological polar surface area (TPSA) is 48.0 Å². The number of fused-ring (bicyclic) bond motifs is 1. The second-order valence-electron chi connectivity index (χ2n) is 6.33. The van der Waals surface area contributed by atoms with E-state index in [1.165, 1.54) is 29.3 Å². The minimum atomic E-state index is -0.0784. The third-order valence-electron chi connectivity index (χ3n) is 4.87. The number of aromatic nitrogens is 1. The number of hydrogen-bond donors (Lipinski definition) is 3. The van der Waals surface area contributed by atoms with Crippen molar-refractivity contribution in [1.29, 1.82) is 0 Å². The third kappa shape index (κ3) is 2.60. The van der Waals surface area contributed by atoms with E-state index in [1.54, 1.807) is 0 Å². The average molecular weight is 272 g/mol. The normalized spacial score (nSPS) is 27.0. The Labute approximate surface area is 120 Å². The summed E-state index contributed by atoms with van der Waals surface area (Å²) < 4.78 is 0. The molecular weight excluding hydrogens is 248 g/mol. The van der Waals surface area contributed by atoms with E-state index < -0.39 is 0 Å². The molecule has 3 nitrogen and oxygen atoms in total. The van der Waals surface area contributed by atoms with Gasteiger partial charge in [-0.15, -0.1) is 0 Å². The van der Waals surface area contributed by atoms with Crippen molar-refractivity contribution < 1.29 is 5.11 Å². The Kier molecular flexibility index (Phi) is 3.81. The van der Waals surface area contributed by atoms with Gasteiger partial charge in [0.15, 0.2) is 0 Å². The molecule has 0 radical (unpaired) electrons. The lowest BCUT2D eigenvalue weighted by molar-refractivity contribution is 0.104. The summed E-state index contributed by atoms with van der Waals surface area (Å²) >= 11 is 0. The summed E-state index contributed by atoms with van der Waals surface area (Å²) in [4.78, 5) is 3.25. The molecule has 1 heterocycles. The fourth-order valence-electron chi connectivity index (χ4n) is 3.29. The molecule has 0 bridgehead atoms. The largest absolute Gasteiger partial charge is 0.394 e. The summed E-state index contributed by atoms with van der Waals surface area (Å²) in [5.41, 5.74) is 2.40. The van der Waals surface area contributed by atoms with Gasteiger partial charge in [-0.05, 0) is 49.3 Å². The summed E-state index contributed by atoms with van der Waals surface area (Å²) in [7, 11) is 0. The summed E-state index contributed by atoms with van der Waals surface area (Å²) in [5.74, 6) is 0.796. The van der Waals surface area contributed by atoms with Crippen LogP contribution in [0, 0.1) is 5.92 Å². The molecule has 0 spiro atoms. The molecule has 1 fully saturated rings. The van der Waals surface area contributed by atoms with Crippen LogP contribution in [0.1, 0.15) is 38.2 Å². The van der Waals surface area contributed by atoms with Crippen molar-refractivity contribution in [3.8, 4) is 0 Å². The van der Waals surface area contributed by atoms with Gasteiger partial charge in [-0.1, -0.05) is 19.1 Å². The maximum atomic E-state index is 9.81. The summed E-state index contributed by atoms with van der Waals surface area (Å²) in [5, 5.41) is 14.7. The quantitative estimate of drug-likeness (QED) is 0.800. The van der Waals surface area contributed by atoms with Gasteiger partial charge in [0, 0.05) is 29.2 Å². The Balaban J connectivity index is 1.73. The van der Waals surface area contributed by atoms with Gasteiger partial charge in [-0.25, -0.2) is 0 Å². The molecule has 3 rings (SSSR count). The van der Waals surface area contributed by atoms with Crippen molar-refractivity contribution in [2.24, 2.45) is 5.92 Å². The van der Waals surface area contributed by atoms with Crippen molar-refractivity contribution >= 4 is 10.9 Å². The lowest BCUT2D eigenvalue weighted by Crippen LogP contribution is -2.50. The van der Waals surface area contributed by atoms with Gasteiger partial charge >= 0.3 is 0 Å². The fourth-order valence-corrected chi connectivity index (χ4v) is 3.29. The van der Waals surface area contributed by atoms with Crippen LogP contribution in [0.2, 0.25) is 0 Å². The monoisotopic (exact) mass is 272 g/mol. The van der Waals surface area contributed by atoms with Crippen LogP contribution in [-0.2, 0) is 6.54 Å². The number of nitrogens with one attached hydrogen (secondary N) is 2. The lowest BCUT2D eigenvalue weighted by atomic mass is 9.77. The van der Waals surface area contributed by atoms with Gasteiger partial charge in [0.1, 0.15) is 0 Å².